The summed E-state index contributed by atoms with van der Waals surface area (Å²) in [5, 5.41) is 7.06. The van der Waals surface area contributed by atoms with Gasteiger partial charge < -0.3 is 10.6 Å². The van der Waals surface area contributed by atoms with Crippen molar-refractivity contribution in [1.82, 2.24) is 10.6 Å². The lowest BCUT2D eigenvalue weighted by Gasteiger charge is -2.34. The molecule has 0 saturated carbocycles. The first kappa shape index (κ1) is 6.62. The molecule has 1 unspecified atom stereocenters. The number of piperidine rings is 1. The van der Waals surface area contributed by atoms with Gasteiger partial charge in [-0.25, -0.2) is 0 Å². The summed E-state index contributed by atoms with van der Waals surface area (Å²) in [6, 6.07) is 0. The molecule has 1 atom stereocenters. The van der Waals surface area contributed by atoms with Gasteiger partial charge in [-0.1, -0.05) is 0 Å². The van der Waals surface area contributed by atoms with Gasteiger partial charge in [0.1, 0.15) is 0 Å². The molecule has 0 aromatic rings. The van der Waals surface area contributed by atoms with Crippen molar-refractivity contribution >= 4 is 0 Å². The van der Waals surface area contributed by atoms with E-state index in [0.29, 0.717) is 5.54 Å². The predicted molar refractivity (Wildman–Crippen MR) is 42.1 cm³/mol. The van der Waals surface area contributed by atoms with Gasteiger partial charge in [-0.05, 0) is 38.8 Å². The summed E-state index contributed by atoms with van der Waals surface area (Å²) in [4.78, 5) is 0. The molecule has 2 N–H and O–H groups in total. The third kappa shape index (κ3) is 1.06. The number of nitrogens with one attached hydrogen (secondary N) is 2. The summed E-state index contributed by atoms with van der Waals surface area (Å²) >= 11 is 0. The fourth-order valence-corrected chi connectivity index (χ4v) is 2.20. The van der Waals surface area contributed by atoms with Crippen LogP contribution in [0.5, 0.6) is 0 Å². The van der Waals surface area contributed by atoms with Crippen LogP contribution in [0.15, 0.2) is 0 Å². The third-order valence-corrected chi connectivity index (χ3v) is 2.80. The molecule has 2 rings (SSSR count). The molecule has 0 aliphatic carbocycles. The van der Waals surface area contributed by atoms with Crippen molar-refractivity contribution in [3.05, 3.63) is 0 Å². The Balaban J connectivity index is 1.98. The van der Waals surface area contributed by atoms with Gasteiger partial charge in [0.05, 0.1) is 0 Å². The molecule has 10 heavy (non-hydrogen) atoms. The lowest BCUT2D eigenvalue weighted by molar-refractivity contribution is 0.282. The van der Waals surface area contributed by atoms with Crippen molar-refractivity contribution in [2.45, 2.75) is 31.2 Å². The molecule has 2 nitrogen and oxygen atoms in total. The smallest absolute Gasteiger partial charge is 0.0307 e. The molecule has 2 aliphatic heterocycles. The minimum absolute atomic E-state index is 0.512. The predicted octanol–water partition coefficient (Wildman–Crippen LogP) is 0.492. The van der Waals surface area contributed by atoms with Gasteiger partial charge in [-0.3, -0.25) is 0 Å². The lowest BCUT2D eigenvalue weighted by atomic mass is 9.89. The highest BCUT2D eigenvalue weighted by molar-refractivity contribution is 4.96. The zero-order chi connectivity index (χ0) is 6.86. The molecule has 0 amide bonds. The van der Waals surface area contributed by atoms with Gasteiger partial charge in [0.15, 0.2) is 0 Å². The van der Waals surface area contributed by atoms with Crippen LogP contribution in [0.3, 0.4) is 0 Å². The van der Waals surface area contributed by atoms with Crippen LogP contribution in [0.2, 0.25) is 0 Å². The molecule has 1 spiro atoms. The molecule has 2 heteroatoms. The van der Waals surface area contributed by atoms with E-state index in [1.165, 1.54) is 45.3 Å². The van der Waals surface area contributed by atoms with Crippen molar-refractivity contribution in [2.75, 3.05) is 19.6 Å². The molecule has 2 heterocycles. The highest BCUT2D eigenvalue weighted by Crippen LogP contribution is 2.25. The van der Waals surface area contributed by atoms with Crippen LogP contribution in [0.25, 0.3) is 0 Å². The summed E-state index contributed by atoms with van der Waals surface area (Å²) in [6.45, 7) is 3.66. The van der Waals surface area contributed by atoms with E-state index in [4.69, 9.17) is 0 Å². The topological polar surface area (TPSA) is 24.1 Å². The van der Waals surface area contributed by atoms with Gasteiger partial charge in [-0.2, -0.15) is 0 Å². The minimum Gasteiger partial charge on any atom is -0.315 e. The van der Waals surface area contributed by atoms with E-state index in [0.717, 1.165) is 0 Å². The van der Waals surface area contributed by atoms with Gasteiger partial charge >= 0.3 is 0 Å². The fourth-order valence-electron chi connectivity index (χ4n) is 2.20. The summed E-state index contributed by atoms with van der Waals surface area (Å²) in [7, 11) is 0. The molecule has 0 aromatic heterocycles. The Hall–Kier alpha value is -0.0800. The largest absolute Gasteiger partial charge is 0.315 e. The molecule has 2 saturated heterocycles. The Morgan fingerprint density at radius 1 is 1.00 bits per heavy atom. The number of hydrogen-bond donors (Lipinski definition) is 2. The Morgan fingerprint density at radius 3 is 2.40 bits per heavy atom. The first-order chi connectivity index (χ1) is 4.91. The zero-order valence-electron chi connectivity index (χ0n) is 6.45. The van der Waals surface area contributed by atoms with E-state index in [-0.39, 0.29) is 0 Å². The van der Waals surface area contributed by atoms with Crippen molar-refractivity contribution in [2.24, 2.45) is 0 Å². The second-order valence-corrected chi connectivity index (χ2v) is 3.59. The van der Waals surface area contributed by atoms with Gasteiger partial charge in [0, 0.05) is 12.1 Å². The van der Waals surface area contributed by atoms with E-state index in [2.05, 4.69) is 10.6 Å². The van der Waals surface area contributed by atoms with E-state index >= 15 is 0 Å². The standard InChI is InChI=1S/C8H16N2/c1-3-8(7-9-5-1)4-2-6-10-8/h9-10H,1-7H2. The monoisotopic (exact) mass is 140 g/mol. The maximum Gasteiger partial charge on any atom is 0.0307 e. The maximum absolute atomic E-state index is 3.61. The molecule has 2 fully saturated rings. The first-order valence-corrected chi connectivity index (χ1v) is 4.37. The van der Waals surface area contributed by atoms with Crippen molar-refractivity contribution in [1.29, 1.82) is 0 Å². The van der Waals surface area contributed by atoms with Crippen LogP contribution < -0.4 is 10.6 Å². The van der Waals surface area contributed by atoms with Gasteiger partial charge in [-0.15, -0.1) is 0 Å². The van der Waals surface area contributed by atoms with Gasteiger partial charge in [0.25, 0.3) is 0 Å². The Morgan fingerprint density at radius 2 is 1.80 bits per heavy atom. The SMILES string of the molecule is C1CNCC2(C1)CCCN2. The Bertz CT molecular complexity index is 108. The summed E-state index contributed by atoms with van der Waals surface area (Å²) in [5.74, 6) is 0. The summed E-state index contributed by atoms with van der Waals surface area (Å²) in [5.41, 5.74) is 0.512. The van der Waals surface area contributed by atoms with Crippen LogP contribution in [-0.2, 0) is 0 Å². The maximum atomic E-state index is 3.61. The highest BCUT2D eigenvalue weighted by atomic mass is 15.1. The van der Waals surface area contributed by atoms with E-state index < -0.39 is 0 Å². The van der Waals surface area contributed by atoms with Crippen LogP contribution >= 0.6 is 0 Å². The number of hydrogen-bond acceptors (Lipinski definition) is 2. The molecular weight excluding hydrogens is 124 g/mol. The fraction of sp³-hybridized carbons (Fsp3) is 1.00. The normalized spacial score (nSPS) is 40.8. The average Bonchev–Trinajstić information content (AvgIpc) is 2.39. The Labute approximate surface area is 62.4 Å². The van der Waals surface area contributed by atoms with Crippen LogP contribution in [-0.4, -0.2) is 25.2 Å². The van der Waals surface area contributed by atoms with Crippen LogP contribution in [0.4, 0.5) is 0 Å². The van der Waals surface area contributed by atoms with E-state index in [9.17, 15) is 0 Å². The number of rotatable bonds is 0. The van der Waals surface area contributed by atoms with Gasteiger partial charge in [0.2, 0.25) is 0 Å². The quantitative estimate of drug-likeness (QED) is 0.512. The average molecular weight is 140 g/mol. The first-order valence-electron chi connectivity index (χ1n) is 4.37. The van der Waals surface area contributed by atoms with Crippen molar-refractivity contribution in [3.63, 3.8) is 0 Å². The molecule has 0 aromatic carbocycles. The van der Waals surface area contributed by atoms with E-state index in [1.807, 2.05) is 0 Å². The second kappa shape index (κ2) is 2.51. The molecule has 58 valence electrons. The van der Waals surface area contributed by atoms with Crippen LogP contribution in [0.1, 0.15) is 25.7 Å². The van der Waals surface area contributed by atoms with E-state index in [1.54, 1.807) is 0 Å². The minimum atomic E-state index is 0.512. The lowest BCUT2D eigenvalue weighted by Crippen LogP contribution is -2.52. The molecule has 2 aliphatic rings. The molecule has 0 bridgehead atoms. The van der Waals surface area contributed by atoms with Crippen molar-refractivity contribution in [3.8, 4) is 0 Å². The van der Waals surface area contributed by atoms with Crippen molar-refractivity contribution < 1.29 is 0 Å². The van der Waals surface area contributed by atoms with Crippen LogP contribution in [0, 0.1) is 0 Å². The zero-order valence-corrected chi connectivity index (χ0v) is 6.45. The second-order valence-electron chi connectivity index (χ2n) is 3.59. The highest BCUT2D eigenvalue weighted by Gasteiger charge is 2.33. The molecule has 0 radical (unpaired) electrons. The molecular formula is C8H16N2. The summed E-state index contributed by atoms with van der Waals surface area (Å²) in [6.07, 6.45) is 5.51. The Kier molecular flexibility index (Phi) is 1.66. The summed E-state index contributed by atoms with van der Waals surface area (Å²) < 4.78 is 0. The third-order valence-electron chi connectivity index (χ3n) is 2.80.